The van der Waals surface area contributed by atoms with Gasteiger partial charge < -0.3 is 9.47 Å². The van der Waals surface area contributed by atoms with Gasteiger partial charge in [0.05, 0.1) is 17.5 Å². The normalized spacial score (nSPS) is 22.4. The number of rotatable bonds is 4. The molecule has 1 amide bonds. The number of amides is 1. The van der Waals surface area contributed by atoms with E-state index in [1.54, 1.807) is 0 Å². The highest BCUT2D eigenvalue weighted by Gasteiger charge is 2.38. The van der Waals surface area contributed by atoms with E-state index < -0.39 is 0 Å². The number of hydrogen-bond donors (Lipinski definition) is 0. The second kappa shape index (κ2) is 6.58. The molecule has 0 N–H and O–H groups in total. The van der Waals surface area contributed by atoms with Gasteiger partial charge in [0, 0.05) is 49.4 Å². The predicted molar refractivity (Wildman–Crippen MR) is 107 cm³/mol. The average Bonchev–Trinajstić information content (AvgIpc) is 3.06. The number of aromatic nitrogens is 1. The monoisotopic (exact) mass is 351 g/mol. The molecule has 2 unspecified atom stereocenters. The number of para-hydroxylation sites is 1. The third-order valence-corrected chi connectivity index (χ3v) is 6.07. The molecule has 138 valence electrons. The van der Waals surface area contributed by atoms with Crippen LogP contribution < -0.4 is 0 Å². The van der Waals surface area contributed by atoms with E-state index in [1.165, 1.54) is 22.0 Å². The minimum Gasteiger partial charge on any atom is -0.345 e. The molecule has 0 spiro atoms. The molecule has 4 nitrogen and oxygen atoms in total. The zero-order valence-corrected chi connectivity index (χ0v) is 16.3. The van der Waals surface area contributed by atoms with Gasteiger partial charge in [0.1, 0.15) is 0 Å². The van der Waals surface area contributed by atoms with Gasteiger partial charge in [-0.1, -0.05) is 24.3 Å². The van der Waals surface area contributed by atoms with Crippen LogP contribution in [0, 0.1) is 5.92 Å². The van der Waals surface area contributed by atoms with Crippen LogP contribution in [0.5, 0.6) is 0 Å². The van der Waals surface area contributed by atoms with E-state index in [2.05, 4.69) is 73.7 Å². The van der Waals surface area contributed by atoms with Crippen LogP contribution in [0.2, 0.25) is 0 Å². The molecular formula is C22H29N3O. The summed E-state index contributed by atoms with van der Waals surface area (Å²) < 4.78 is 2.38. The molecule has 4 heteroatoms. The molecule has 1 aromatic carbocycles. The second-order valence-corrected chi connectivity index (χ2v) is 7.76. The van der Waals surface area contributed by atoms with Crippen LogP contribution in [0.1, 0.15) is 33.3 Å². The summed E-state index contributed by atoms with van der Waals surface area (Å²) in [4.78, 5) is 17.6. The lowest BCUT2D eigenvalue weighted by Crippen LogP contribution is -2.52. The summed E-state index contributed by atoms with van der Waals surface area (Å²) in [6.07, 6.45) is 4.48. The standard InChI is InChI=1S/C22H29N3O/c1-5-23(6-2)22(26)17-12-19-18-9-7-8-16-10-11-24(21(16)18)14-20(19)25(13-17)15(3)4/h7-12,15,17,20H,5-6,13-14H2,1-4H3. The Kier molecular flexibility index (Phi) is 4.39. The summed E-state index contributed by atoms with van der Waals surface area (Å²) in [5.41, 5.74) is 3.95. The van der Waals surface area contributed by atoms with Gasteiger partial charge in [0.25, 0.3) is 0 Å². The maximum absolute atomic E-state index is 13.1. The maximum Gasteiger partial charge on any atom is 0.230 e. The molecular weight excluding hydrogens is 322 g/mol. The highest BCUT2D eigenvalue weighted by Crippen LogP contribution is 2.39. The molecule has 0 bridgehead atoms. The first kappa shape index (κ1) is 17.3. The molecule has 4 rings (SSSR count). The molecule has 2 aliphatic rings. The van der Waals surface area contributed by atoms with Gasteiger partial charge in [0.15, 0.2) is 0 Å². The van der Waals surface area contributed by atoms with Crippen molar-refractivity contribution in [2.45, 2.75) is 46.3 Å². The third-order valence-electron chi connectivity index (χ3n) is 6.07. The molecule has 26 heavy (non-hydrogen) atoms. The van der Waals surface area contributed by atoms with Crippen molar-refractivity contribution < 1.29 is 4.79 Å². The van der Waals surface area contributed by atoms with Crippen LogP contribution in [-0.4, -0.2) is 52.0 Å². The molecule has 0 aliphatic carbocycles. The van der Waals surface area contributed by atoms with Crippen molar-refractivity contribution in [2.24, 2.45) is 5.92 Å². The number of benzene rings is 1. The minimum absolute atomic E-state index is 0.0553. The quantitative estimate of drug-likeness (QED) is 0.842. The van der Waals surface area contributed by atoms with Crippen molar-refractivity contribution in [1.29, 1.82) is 0 Å². The summed E-state index contributed by atoms with van der Waals surface area (Å²) >= 11 is 0. The number of hydrogen-bond acceptors (Lipinski definition) is 2. The fraction of sp³-hybridized carbons (Fsp3) is 0.500. The van der Waals surface area contributed by atoms with Crippen molar-refractivity contribution in [3.8, 4) is 0 Å². The van der Waals surface area contributed by atoms with E-state index in [9.17, 15) is 4.79 Å². The molecule has 0 saturated heterocycles. The minimum atomic E-state index is -0.0553. The van der Waals surface area contributed by atoms with Gasteiger partial charge in [-0.3, -0.25) is 9.69 Å². The van der Waals surface area contributed by atoms with E-state index >= 15 is 0 Å². The van der Waals surface area contributed by atoms with Gasteiger partial charge in [0.2, 0.25) is 5.91 Å². The lowest BCUT2D eigenvalue weighted by molar-refractivity contribution is -0.134. The topological polar surface area (TPSA) is 28.5 Å². The van der Waals surface area contributed by atoms with Crippen LogP contribution >= 0.6 is 0 Å². The van der Waals surface area contributed by atoms with Crippen LogP contribution in [0.25, 0.3) is 16.5 Å². The van der Waals surface area contributed by atoms with E-state index in [0.717, 1.165) is 26.2 Å². The van der Waals surface area contributed by atoms with Crippen molar-refractivity contribution in [1.82, 2.24) is 14.4 Å². The first-order valence-electron chi connectivity index (χ1n) is 9.89. The number of carbonyl (C=O) groups is 1. The van der Waals surface area contributed by atoms with E-state index in [-0.39, 0.29) is 11.8 Å². The molecule has 2 aliphatic heterocycles. The predicted octanol–water partition coefficient (Wildman–Crippen LogP) is 3.62. The Morgan fingerprint density at radius 1 is 1.19 bits per heavy atom. The fourth-order valence-corrected chi connectivity index (χ4v) is 4.71. The SMILES string of the molecule is CCN(CC)C(=O)C1C=C2c3cccc4ccn(c34)CC2N(C(C)C)C1. The summed E-state index contributed by atoms with van der Waals surface area (Å²) in [5.74, 6) is 0.208. The number of carbonyl (C=O) groups excluding carboxylic acids is 1. The van der Waals surface area contributed by atoms with Crippen LogP contribution in [-0.2, 0) is 11.3 Å². The van der Waals surface area contributed by atoms with Crippen LogP contribution in [0.15, 0.2) is 36.5 Å². The van der Waals surface area contributed by atoms with Crippen molar-refractivity contribution in [2.75, 3.05) is 19.6 Å². The van der Waals surface area contributed by atoms with Crippen molar-refractivity contribution in [3.63, 3.8) is 0 Å². The highest BCUT2D eigenvalue weighted by atomic mass is 16.2. The Hall–Kier alpha value is -2.07. The highest BCUT2D eigenvalue weighted by molar-refractivity contribution is 5.96. The second-order valence-electron chi connectivity index (χ2n) is 7.76. The van der Waals surface area contributed by atoms with Crippen LogP contribution in [0.4, 0.5) is 0 Å². The summed E-state index contributed by atoms with van der Waals surface area (Å²) in [6, 6.07) is 9.50. The van der Waals surface area contributed by atoms with Crippen LogP contribution in [0.3, 0.4) is 0 Å². The zero-order valence-electron chi connectivity index (χ0n) is 16.3. The Balaban J connectivity index is 1.83. The summed E-state index contributed by atoms with van der Waals surface area (Å²) in [7, 11) is 0. The van der Waals surface area contributed by atoms with Gasteiger partial charge in [-0.25, -0.2) is 0 Å². The smallest absolute Gasteiger partial charge is 0.230 e. The molecule has 0 saturated carbocycles. The van der Waals surface area contributed by atoms with Gasteiger partial charge in [-0.15, -0.1) is 0 Å². The van der Waals surface area contributed by atoms with E-state index in [4.69, 9.17) is 0 Å². The molecule has 0 radical (unpaired) electrons. The third kappa shape index (κ3) is 2.59. The van der Waals surface area contributed by atoms with Gasteiger partial charge >= 0.3 is 0 Å². The molecule has 0 fully saturated rings. The van der Waals surface area contributed by atoms with E-state index in [1.807, 2.05) is 4.90 Å². The largest absolute Gasteiger partial charge is 0.345 e. The summed E-state index contributed by atoms with van der Waals surface area (Å²) in [5, 5.41) is 1.29. The Bertz CT molecular complexity index is 859. The lowest BCUT2D eigenvalue weighted by Gasteiger charge is -2.44. The van der Waals surface area contributed by atoms with Gasteiger partial charge in [-0.05, 0) is 39.3 Å². The maximum atomic E-state index is 13.1. The lowest BCUT2D eigenvalue weighted by atomic mass is 9.84. The molecule has 2 aromatic rings. The van der Waals surface area contributed by atoms with E-state index in [0.29, 0.717) is 12.1 Å². The molecule has 2 atom stereocenters. The molecule has 3 heterocycles. The molecule has 1 aromatic heterocycles. The van der Waals surface area contributed by atoms with Crippen molar-refractivity contribution in [3.05, 3.63) is 42.1 Å². The van der Waals surface area contributed by atoms with Crippen molar-refractivity contribution >= 4 is 22.4 Å². The first-order chi connectivity index (χ1) is 12.5. The fourth-order valence-electron chi connectivity index (χ4n) is 4.71. The zero-order chi connectivity index (χ0) is 18.4. The van der Waals surface area contributed by atoms with Gasteiger partial charge in [-0.2, -0.15) is 0 Å². The number of nitrogens with zero attached hydrogens (tertiary/aromatic N) is 3. The Labute approximate surface area is 156 Å². The number of fused-ring (bicyclic) bond motifs is 2. The first-order valence-corrected chi connectivity index (χ1v) is 9.89. The Morgan fingerprint density at radius 2 is 1.96 bits per heavy atom. The Morgan fingerprint density at radius 3 is 2.65 bits per heavy atom. The average molecular weight is 351 g/mol. The summed E-state index contributed by atoms with van der Waals surface area (Å²) in [6.45, 7) is 12.0.